The maximum Gasteiger partial charge on any atom is 0.0682 e. The predicted molar refractivity (Wildman–Crippen MR) is 74.8 cm³/mol. The van der Waals surface area contributed by atoms with Gasteiger partial charge in [0, 0.05) is 30.5 Å². The largest absolute Gasteiger partial charge is 0.385 e. The van der Waals surface area contributed by atoms with Crippen LogP contribution in [0.4, 0.5) is 5.69 Å². The average Bonchev–Trinajstić information content (AvgIpc) is 2.87. The van der Waals surface area contributed by atoms with Crippen molar-refractivity contribution >= 4 is 5.69 Å². The van der Waals surface area contributed by atoms with Crippen LogP contribution in [0.3, 0.4) is 0 Å². The number of hydrogen-bond donors (Lipinski definition) is 1. The van der Waals surface area contributed by atoms with Crippen molar-refractivity contribution in [3.05, 3.63) is 36.0 Å². The van der Waals surface area contributed by atoms with E-state index < -0.39 is 0 Å². The molecule has 0 saturated carbocycles. The summed E-state index contributed by atoms with van der Waals surface area (Å²) in [4.78, 5) is 0. The van der Waals surface area contributed by atoms with Crippen LogP contribution in [0, 0.1) is 0 Å². The molecular formula is C15H19N3. The molecule has 1 aliphatic heterocycles. The first-order chi connectivity index (χ1) is 8.88. The molecule has 3 rings (SSSR count). The molecule has 0 amide bonds. The second-order valence-electron chi connectivity index (χ2n) is 4.84. The summed E-state index contributed by atoms with van der Waals surface area (Å²) in [6.07, 6.45) is 5.41. The van der Waals surface area contributed by atoms with Gasteiger partial charge in [0.25, 0.3) is 0 Å². The molecule has 0 radical (unpaired) electrons. The third kappa shape index (κ3) is 2.01. The zero-order valence-corrected chi connectivity index (χ0v) is 10.8. The van der Waals surface area contributed by atoms with Crippen LogP contribution < -0.4 is 5.32 Å². The number of rotatable bonds is 3. The minimum absolute atomic E-state index is 0.984. The smallest absolute Gasteiger partial charge is 0.0682 e. The molecule has 0 fully saturated rings. The quantitative estimate of drug-likeness (QED) is 0.893. The Kier molecular flexibility index (Phi) is 3.05. The van der Waals surface area contributed by atoms with Gasteiger partial charge in [0.05, 0.1) is 5.69 Å². The van der Waals surface area contributed by atoms with E-state index in [2.05, 4.69) is 46.3 Å². The lowest BCUT2D eigenvalue weighted by molar-refractivity contribution is 0.609. The van der Waals surface area contributed by atoms with E-state index >= 15 is 0 Å². The number of hydrogen-bond acceptors (Lipinski definition) is 2. The Balaban J connectivity index is 1.98. The molecule has 1 aliphatic rings. The van der Waals surface area contributed by atoms with E-state index in [9.17, 15) is 0 Å². The van der Waals surface area contributed by atoms with E-state index in [0.717, 1.165) is 19.5 Å². The molecule has 0 atom stereocenters. The number of nitrogens with zero attached hydrogens (tertiary/aromatic N) is 2. The second kappa shape index (κ2) is 4.84. The van der Waals surface area contributed by atoms with Gasteiger partial charge in [0.2, 0.25) is 0 Å². The zero-order valence-electron chi connectivity index (χ0n) is 10.8. The first kappa shape index (κ1) is 11.3. The van der Waals surface area contributed by atoms with Crippen molar-refractivity contribution in [1.82, 2.24) is 9.78 Å². The van der Waals surface area contributed by atoms with Crippen LogP contribution in [0.2, 0.25) is 0 Å². The van der Waals surface area contributed by atoms with Gasteiger partial charge in [-0.1, -0.05) is 13.0 Å². The van der Waals surface area contributed by atoms with Crippen LogP contribution in [-0.4, -0.2) is 16.3 Å². The zero-order chi connectivity index (χ0) is 12.4. The van der Waals surface area contributed by atoms with E-state index in [4.69, 9.17) is 0 Å². The Morgan fingerprint density at radius 2 is 2.28 bits per heavy atom. The number of aryl methyl sites for hydroxylation is 2. The highest BCUT2D eigenvalue weighted by molar-refractivity contribution is 5.66. The molecule has 18 heavy (non-hydrogen) atoms. The second-order valence-corrected chi connectivity index (χ2v) is 4.84. The predicted octanol–water partition coefficient (Wildman–Crippen LogP) is 3.32. The summed E-state index contributed by atoms with van der Waals surface area (Å²) in [6.45, 7) is 4.26. The van der Waals surface area contributed by atoms with Crippen LogP contribution >= 0.6 is 0 Å². The highest BCUT2D eigenvalue weighted by Gasteiger charge is 2.11. The molecule has 3 nitrogen and oxygen atoms in total. The Hall–Kier alpha value is -1.77. The summed E-state index contributed by atoms with van der Waals surface area (Å²) in [5.41, 5.74) is 5.24. The third-order valence-electron chi connectivity index (χ3n) is 3.49. The molecule has 1 aromatic heterocycles. The van der Waals surface area contributed by atoms with Crippen LogP contribution in [0.5, 0.6) is 0 Å². The topological polar surface area (TPSA) is 29.9 Å². The lowest BCUT2D eigenvalue weighted by Crippen LogP contribution is -2.11. The van der Waals surface area contributed by atoms with Crippen molar-refractivity contribution in [2.75, 3.05) is 11.9 Å². The fourth-order valence-corrected chi connectivity index (χ4v) is 2.60. The van der Waals surface area contributed by atoms with Gasteiger partial charge in [0.15, 0.2) is 0 Å². The summed E-state index contributed by atoms with van der Waals surface area (Å²) >= 11 is 0. The van der Waals surface area contributed by atoms with Gasteiger partial charge in [0.1, 0.15) is 0 Å². The van der Waals surface area contributed by atoms with Crippen LogP contribution in [0.25, 0.3) is 11.3 Å². The standard InChI is InChI=1S/C15H19N3/c1-2-10-18-15(7-9-17-18)13-5-6-14-12(11-13)4-3-8-16-14/h5-7,9,11,16H,2-4,8,10H2,1H3. The molecule has 1 aromatic carbocycles. The first-order valence-corrected chi connectivity index (χ1v) is 6.77. The molecule has 2 aromatic rings. The Labute approximate surface area is 108 Å². The highest BCUT2D eigenvalue weighted by atomic mass is 15.3. The molecule has 94 valence electrons. The minimum Gasteiger partial charge on any atom is -0.385 e. The van der Waals surface area contributed by atoms with Crippen LogP contribution in [0.1, 0.15) is 25.3 Å². The van der Waals surface area contributed by atoms with Gasteiger partial charge in [-0.25, -0.2) is 0 Å². The molecule has 2 heterocycles. The van der Waals surface area contributed by atoms with Gasteiger partial charge in [-0.2, -0.15) is 5.10 Å². The van der Waals surface area contributed by atoms with Crippen molar-refractivity contribution in [3.63, 3.8) is 0 Å². The highest BCUT2D eigenvalue weighted by Crippen LogP contribution is 2.28. The molecule has 1 N–H and O–H groups in total. The number of nitrogens with one attached hydrogen (secondary N) is 1. The summed E-state index contributed by atoms with van der Waals surface area (Å²) < 4.78 is 2.10. The summed E-state index contributed by atoms with van der Waals surface area (Å²) in [5.74, 6) is 0. The normalized spacial score (nSPS) is 14.1. The van der Waals surface area contributed by atoms with E-state index in [1.54, 1.807) is 0 Å². The molecule has 3 heteroatoms. The molecule has 0 bridgehead atoms. The van der Waals surface area contributed by atoms with Gasteiger partial charge >= 0.3 is 0 Å². The number of benzene rings is 1. The van der Waals surface area contributed by atoms with Crippen molar-refractivity contribution in [1.29, 1.82) is 0 Å². The van der Waals surface area contributed by atoms with Crippen molar-refractivity contribution < 1.29 is 0 Å². The van der Waals surface area contributed by atoms with E-state index in [-0.39, 0.29) is 0 Å². The molecule has 0 aliphatic carbocycles. The maximum absolute atomic E-state index is 4.40. The average molecular weight is 241 g/mol. The van der Waals surface area contributed by atoms with Gasteiger partial charge in [-0.05, 0) is 43.0 Å². The molecule has 0 unspecified atom stereocenters. The maximum atomic E-state index is 4.40. The molecule has 0 saturated heterocycles. The number of aromatic nitrogens is 2. The SMILES string of the molecule is CCCn1nccc1-c1ccc2c(c1)CCCN2. The van der Waals surface area contributed by atoms with E-state index in [0.29, 0.717) is 0 Å². The Morgan fingerprint density at radius 3 is 3.17 bits per heavy atom. The fraction of sp³-hybridized carbons (Fsp3) is 0.400. The van der Waals surface area contributed by atoms with E-state index in [1.165, 1.54) is 35.3 Å². The van der Waals surface area contributed by atoms with Gasteiger partial charge in [-0.3, -0.25) is 4.68 Å². The Bertz CT molecular complexity index is 542. The monoisotopic (exact) mass is 241 g/mol. The first-order valence-electron chi connectivity index (χ1n) is 6.77. The van der Waals surface area contributed by atoms with Crippen molar-refractivity contribution in [3.8, 4) is 11.3 Å². The lowest BCUT2D eigenvalue weighted by atomic mass is 9.99. The third-order valence-corrected chi connectivity index (χ3v) is 3.49. The molecule has 0 spiro atoms. The summed E-state index contributed by atoms with van der Waals surface area (Å²) in [7, 11) is 0. The van der Waals surface area contributed by atoms with Crippen molar-refractivity contribution in [2.45, 2.75) is 32.7 Å². The van der Waals surface area contributed by atoms with Crippen LogP contribution in [0.15, 0.2) is 30.5 Å². The summed E-state index contributed by atoms with van der Waals surface area (Å²) in [6, 6.07) is 8.81. The lowest BCUT2D eigenvalue weighted by Gasteiger charge is -2.19. The van der Waals surface area contributed by atoms with Crippen molar-refractivity contribution in [2.24, 2.45) is 0 Å². The number of fused-ring (bicyclic) bond motifs is 1. The fourth-order valence-electron chi connectivity index (χ4n) is 2.60. The van der Waals surface area contributed by atoms with Gasteiger partial charge in [-0.15, -0.1) is 0 Å². The van der Waals surface area contributed by atoms with Gasteiger partial charge < -0.3 is 5.32 Å². The number of anilines is 1. The minimum atomic E-state index is 0.984. The van der Waals surface area contributed by atoms with E-state index in [1.807, 2.05) is 6.20 Å². The Morgan fingerprint density at radius 1 is 1.33 bits per heavy atom. The molecular weight excluding hydrogens is 222 g/mol. The summed E-state index contributed by atoms with van der Waals surface area (Å²) in [5, 5.41) is 7.85. The van der Waals surface area contributed by atoms with Crippen LogP contribution in [-0.2, 0) is 13.0 Å².